The van der Waals surface area contributed by atoms with Crippen LogP contribution in [0.3, 0.4) is 0 Å². The smallest absolute Gasteiger partial charge is 0.213 e. The third-order valence-corrected chi connectivity index (χ3v) is 6.10. The molecule has 1 heterocycles. The number of nitrogens with zero attached hydrogens (tertiary/aromatic N) is 3. The summed E-state index contributed by atoms with van der Waals surface area (Å²) in [7, 11) is 0.237. The Morgan fingerprint density at radius 3 is 2.47 bits per heavy atom. The number of sulfonamides is 1. The largest absolute Gasteiger partial charge is 0.355 e. The molecule has 0 aliphatic heterocycles. The quantitative estimate of drug-likeness (QED) is 0.253. The van der Waals surface area contributed by atoms with E-state index in [9.17, 15) is 8.42 Å². The van der Waals surface area contributed by atoms with Crippen LogP contribution in [0.5, 0.6) is 0 Å². The number of aromatic nitrogens is 2. The summed E-state index contributed by atoms with van der Waals surface area (Å²) in [5.74, 6) is 0.547. The lowest BCUT2D eigenvalue weighted by Crippen LogP contribution is -2.45. The van der Waals surface area contributed by atoms with Crippen LogP contribution in [0.1, 0.15) is 29.4 Å². The van der Waals surface area contributed by atoms with E-state index in [1.54, 1.807) is 7.05 Å². The van der Waals surface area contributed by atoms with Gasteiger partial charge in [-0.1, -0.05) is 30.3 Å². The number of guanidine groups is 1. The Hall–Kier alpha value is -1.66. The summed E-state index contributed by atoms with van der Waals surface area (Å²) in [6, 6.07) is 9.57. The molecule has 1 unspecified atom stereocenters. The van der Waals surface area contributed by atoms with Crippen LogP contribution in [0.25, 0.3) is 0 Å². The summed E-state index contributed by atoms with van der Waals surface area (Å²) >= 11 is 0. The van der Waals surface area contributed by atoms with Gasteiger partial charge in [-0.25, -0.2) is 13.1 Å². The molecule has 10 heteroatoms. The minimum absolute atomic E-state index is 0. The predicted octanol–water partition coefficient (Wildman–Crippen LogP) is 1.87. The Bertz CT molecular complexity index is 928. The van der Waals surface area contributed by atoms with Crippen molar-refractivity contribution in [3.05, 3.63) is 52.8 Å². The van der Waals surface area contributed by atoms with Gasteiger partial charge in [-0.2, -0.15) is 5.10 Å². The van der Waals surface area contributed by atoms with Gasteiger partial charge in [0.2, 0.25) is 10.0 Å². The fourth-order valence-corrected chi connectivity index (χ4v) is 3.96. The van der Waals surface area contributed by atoms with Crippen molar-refractivity contribution in [3.63, 3.8) is 0 Å². The molecular formula is C20H33IN6O2S. The average molecular weight is 548 g/mol. The number of rotatable bonds is 9. The van der Waals surface area contributed by atoms with E-state index in [2.05, 4.69) is 39.3 Å². The zero-order valence-corrected chi connectivity index (χ0v) is 21.4. The minimum Gasteiger partial charge on any atom is -0.355 e. The first-order valence-corrected chi connectivity index (χ1v) is 11.3. The first-order chi connectivity index (χ1) is 13.7. The molecule has 0 aliphatic rings. The molecule has 2 aromatic rings. The van der Waals surface area contributed by atoms with Gasteiger partial charge in [-0.15, -0.1) is 24.0 Å². The van der Waals surface area contributed by atoms with Crippen LogP contribution >= 0.6 is 24.0 Å². The van der Waals surface area contributed by atoms with Gasteiger partial charge in [0.1, 0.15) is 0 Å². The summed E-state index contributed by atoms with van der Waals surface area (Å²) < 4.78 is 28.9. The molecule has 0 bridgehead atoms. The lowest BCUT2D eigenvalue weighted by Gasteiger charge is -2.18. The Kier molecular flexibility index (Phi) is 10.8. The Balaban J connectivity index is 0.00000450. The monoisotopic (exact) mass is 548 g/mol. The number of aliphatic imine (C=N–C) groups is 1. The van der Waals surface area contributed by atoms with Crippen LogP contribution in [0.15, 0.2) is 35.3 Å². The lowest BCUT2D eigenvalue weighted by atomic mass is 10.1. The van der Waals surface area contributed by atoms with Crippen molar-refractivity contribution < 1.29 is 8.42 Å². The van der Waals surface area contributed by atoms with Crippen LogP contribution in [-0.4, -0.2) is 49.5 Å². The van der Waals surface area contributed by atoms with Crippen molar-refractivity contribution in [1.29, 1.82) is 0 Å². The maximum absolute atomic E-state index is 12.2. The van der Waals surface area contributed by atoms with Crippen molar-refractivity contribution in [1.82, 2.24) is 25.1 Å². The van der Waals surface area contributed by atoms with Gasteiger partial charge in [0.25, 0.3) is 0 Å². The van der Waals surface area contributed by atoms with E-state index in [1.165, 1.54) is 5.56 Å². The minimum atomic E-state index is -3.38. The molecule has 0 saturated heterocycles. The molecule has 1 aromatic carbocycles. The van der Waals surface area contributed by atoms with Gasteiger partial charge in [0.15, 0.2) is 5.96 Å². The highest BCUT2D eigenvalue weighted by Crippen LogP contribution is 2.14. The Morgan fingerprint density at radius 2 is 1.90 bits per heavy atom. The SMILES string of the molecule is CN=C(NCCS(=O)(=O)NCc1ccccc1)NC(C)Cc1c(C)nn(C)c1C.I. The molecule has 1 aromatic heterocycles. The van der Waals surface area contributed by atoms with Gasteiger partial charge in [0.05, 0.1) is 11.4 Å². The van der Waals surface area contributed by atoms with Crippen molar-refractivity contribution >= 4 is 40.0 Å². The van der Waals surface area contributed by atoms with E-state index in [-0.39, 0.29) is 48.9 Å². The fraction of sp³-hybridized carbons (Fsp3) is 0.500. The summed E-state index contributed by atoms with van der Waals surface area (Å²) in [6.07, 6.45) is 0.809. The zero-order chi connectivity index (χ0) is 21.4. The average Bonchev–Trinajstić information content (AvgIpc) is 2.92. The maximum Gasteiger partial charge on any atom is 0.213 e. The molecule has 2 rings (SSSR count). The van der Waals surface area contributed by atoms with E-state index in [0.717, 1.165) is 23.4 Å². The maximum atomic E-state index is 12.2. The first-order valence-electron chi connectivity index (χ1n) is 9.69. The van der Waals surface area contributed by atoms with Crippen LogP contribution in [-0.2, 0) is 30.0 Å². The fourth-order valence-electron chi connectivity index (χ4n) is 3.06. The number of nitrogens with one attached hydrogen (secondary N) is 3. The van der Waals surface area contributed by atoms with Crippen molar-refractivity contribution in [2.24, 2.45) is 12.0 Å². The van der Waals surface area contributed by atoms with Gasteiger partial charge >= 0.3 is 0 Å². The predicted molar refractivity (Wildman–Crippen MR) is 133 cm³/mol. The number of aryl methyl sites for hydroxylation is 2. The van der Waals surface area contributed by atoms with E-state index in [0.29, 0.717) is 5.96 Å². The highest BCUT2D eigenvalue weighted by atomic mass is 127. The van der Waals surface area contributed by atoms with Crippen LogP contribution in [0.4, 0.5) is 0 Å². The molecule has 3 N–H and O–H groups in total. The number of benzene rings is 1. The summed E-state index contributed by atoms with van der Waals surface area (Å²) in [6.45, 7) is 6.69. The van der Waals surface area contributed by atoms with E-state index >= 15 is 0 Å². The summed E-state index contributed by atoms with van der Waals surface area (Å²) in [5.41, 5.74) is 4.32. The van der Waals surface area contributed by atoms with E-state index in [1.807, 2.05) is 49.0 Å². The van der Waals surface area contributed by atoms with Crippen molar-refractivity contribution in [2.45, 2.75) is 39.8 Å². The van der Waals surface area contributed by atoms with E-state index in [4.69, 9.17) is 0 Å². The summed E-state index contributed by atoms with van der Waals surface area (Å²) in [5, 5.41) is 10.8. The third-order valence-electron chi connectivity index (χ3n) is 4.78. The van der Waals surface area contributed by atoms with Crippen LogP contribution in [0, 0.1) is 13.8 Å². The zero-order valence-electron chi connectivity index (χ0n) is 18.3. The normalized spacial score (nSPS) is 12.9. The van der Waals surface area contributed by atoms with Gasteiger partial charge < -0.3 is 10.6 Å². The molecule has 0 amide bonds. The highest BCUT2D eigenvalue weighted by Gasteiger charge is 2.15. The second-order valence-corrected chi connectivity index (χ2v) is 9.07. The van der Waals surface area contributed by atoms with Crippen LogP contribution < -0.4 is 15.4 Å². The molecule has 30 heavy (non-hydrogen) atoms. The van der Waals surface area contributed by atoms with Gasteiger partial charge in [0, 0.05) is 38.9 Å². The standard InChI is InChI=1S/C20H32N6O2S.HI/c1-15(13-19-16(2)25-26(5)17(19)3)24-20(21-4)22-11-12-29(27,28)23-14-18-9-7-6-8-10-18;/h6-10,15,23H,11-14H2,1-5H3,(H2,21,22,24);1H. The topological polar surface area (TPSA) is 100 Å². The van der Waals surface area contributed by atoms with Crippen molar-refractivity contribution in [2.75, 3.05) is 19.3 Å². The Labute approximate surface area is 197 Å². The number of hydrogen-bond acceptors (Lipinski definition) is 4. The number of halogens is 1. The molecule has 168 valence electrons. The third kappa shape index (κ3) is 8.23. The molecule has 0 fully saturated rings. The van der Waals surface area contributed by atoms with Crippen LogP contribution in [0.2, 0.25) is 0 Å². The molecule has 0 radical (unpaired) electrons. The molecule has 1 atom stereocenters. The molecular weight excluding hydrogens is 515 g/mol. The molecule has 8 nitrogen and oxygen atoms in total. The molecule has 0 spiro atoms. The second kappa shape index (κ2) is 12.3. The first kappa shape index (κ1) is 26.4. The molecule has 0 saturated carbocycles. The van der Waals surface area contributed by atoms with E-state index < -0.39 is 10.0 Å². The second-order valence-electron chi connectivity index (χ2n) is 7.15. The Morgan fingerprint density at radius 1 is 1.23 bits per heavy atom. The van der Waals surface area contributed by atoms with Gasteiger partial charge in [-0.05, 0) is 38.3 Å². The lowest BCUT2D eigenvalue weighted by molar-refractivity contribution is 0.579. The molecule has 0 aliphatic carbocycles. The highest BCUT2D eigenvalue weighted by molar-refractivity contribution is 14.0. The van der Waals surface area contributed by atoms with Crippen molar-refractivity contribution in [3.8, 4) is 0 Å². The number of hydrogen-bond donors (Lipinski definition) is 3. The summed E-state index contributed by atoms with van der Waals surface area (Å²) in [4.78, 5) is 4.19. The van der Waals surface area contributed by atoms with Gasteiger partial charge in [-0.3, -0.25) is 9.67 Å².